The van der Waals surface area contributed by atoms with Crippen LogP contribution in [0.5, 0.6) is 0 Å². The third-order valence-corrected chi connectivity index (χ3v) is 7.92. The number of fused-ring (bicyclic) bond motifs is 2. The van der Waals surface area contributed by atoms with Gasteiger partial charge in [0.1, 0.15) is 10.7 Å². The van der Waals surface area contributed by atoms with E-state index < -0.39 is 0 Å². The van der Waals surface area contributed by atoms with Crippen molar-refractivity contribution in [1.82, 2.24) is 25.1 Å². The first-order chi connectivity index (χ1) is 16.5. The van der Waals surface area contributed by atoms with Crippen molar-refractivity contribution in [2.75, 3.05) is 12.0 Å². The average Bonchev–Trinajstić information content (AvgIpc) is 3.53. The van der Waals surface area contributed by atoms with E-state index in [2.05, 4.69) is 21.7 Å². The van der Waals surface area contributed by atoms with E-state index in [4.69, 9.17) is 16.6 Å². The molecule has 0 fully saturated rings. The van der Waals surface area contributed by atoms with Gasteiger partial charge in [-0.1, -0.05) is 41.9 Å². The first-order valence-electron chi connectivity index (χ1n) is 11.0. The van der Waals surface area contributed by atoms with Gasteiger partial charge in [-0.25, -0.2) is 4.98 Å². The number of aromatic amines is 1. The summed E-state index contributed by atoms with van der Waals surface area (Å²) in [4.78, 5) is 23.0. The molecule has 5 aromatic rings. The van der Waals surface area contributed by atoms with Crippen LogP contribution in [0.4, 0.5) is 0 Å². The molecule has 34 heavy (non-hydrogen) atoms. The van der Waals surface area contributed by atoms with Crippen LogP contribution < -0.4 is 5.32 Å². The number of nitrogens with zero attached hydrogens (tertiary/aromatic N) is 3. The Balaban J connectivity index is 1.42. The van der Waals surface area contributed by atoms with Crippen LogP contribution in [0.2, 0.25) is 5.02 Å². The number of aromatic nitrogens is 4. The number of carbonyl (C=O) groups excluding carboxylic acids is 1. The molecule has 3 heterocycles. The smallest absolute Gasteiger partial charge is 0.262 e. The molecule has 0 saturated carbocycles. The fraction of sp³-hybridized carbons (Fsp3) is 0.240. The Morgan fingerprint density at radius 2 is 2.03 bits per heavy atom. The van der Waals surface area contributed by atoms with Gasteiger partial charge in [-0.3, -0.25) is 9.48 Å². The Morgan fingerprint density at radius 3 is 2.82 bits per heavy atom. The third-order valence-electron chi connectivity index (χ3n) is 5.76. The number of H-pyrrole nitrogens is 1. The minimum atomic E-state index is -0.196. The molecular formula is C25H24ClN5OS2. The second kappa shape index (κ2) is 9.82. The van der Waals surface area contributed by atoms with Gasteiger partial charge in [-0.15, -0.1) is 11.3 Å². The SMILES string of the molecule is CSCCC(NC(=O)c1cc2c(C)nn(Cc3ccccc3Cl)c2s1)c1nc2ccccc2[nH]1. The van der Waals surface area contributed by atoms with E-state index >= 15 is 0 Å². The monoisotopic (exact) mass is 509 g/mol. The molecule has 9 heteroatoms. The van der Waals surface area contributed by atoms with Crippen molar-refractivity contribution < 1.29 is 4.79 Å². The lowest BCUT2D eigenvalue weighted by atomic mass is 10.2. The summed E-state index contributed by atoms with van der Waals surface area (Å²) in [5, 5.41) is 9.59. The molecule has 0 saturated heterocycles. The molecule has 1 atom stereocenters. The number of nitrogens with one attached hydrogen (secondary N) is 2. The number of carbonyl (C=O) groups is 1. The summed E-state index contributed by atoms with van der Waals surface area (Å²) in [5.41, 5.74) is 3.76. The quantitative estimate of drug-likeness (QED) is 0.261. The maximum atomic E-state index is 13.3. The summed E-state index contributed by atoms with van der Waals surface area (Å²) in [6.45, 7) is 2.52. The zero-order valence-corrected chi connectivity index (χ0v) is 21.2. The molecule has 3 aromatic heterocycles. The van der Waals surface area contributed by atoms with Gasteiger partial charge in [0.25, 0.3) is 5.91 Å². The van der Waals surface area contributed by atoms with Gasteiger partial charge < -0.3 is 10.3 Å². The Hall–Kier alpha value is -2.81. The number of para-hydroxylation sites is 2. The molecule has 0 aliphatic rings. The summed E-state index contributed by atoms with van der Waals surface area (Å²) >= 11 is 9.57. The van der Waals surface area contributed by atoms with Crippen LogP contribution in [0.25, 0.3) is 21.3 Å². The molecular weight excluding hydrogens is 486 g/mol. The molecule has 0 bridgehead atoms. The highest BCUT2D eigenvalue weighted by molar-refractivity contribution is 7.98. The van der Waals surface area contributed by atoms with Gasteiger partial charge in [0.2, 0.25) is 0 Å². The minimum absolute atomic E-state index is 0.101. The molecule has 0 aliphatic heterocycles. The van der Waals surface area contributed by atoms with Crippen molar-refractivity contribution in [2.45, 2.75) is 25.9 Å². The van der Waals surface area contributed by atoms with Crippen LogP contribution >= 0.6 is 34.7 Å². The lowest BCUT2D eigenvalue weighted by molar-refractivity contribution is 0.0938. The summed E-state index contributed by atoms with van der Waals surface area (Å²) in [7, 11) is 0. The Morgan fingerprint density at radius 1 is 1.24 bits per heavy atom. The van der Waals surface area contributed by atoms with Crippen LogP contribution in [0.3, 0.4) is 0 Å². The normalized spacial score (nSPS) is 12.4. The van der Waals surface area contributed by atoms with Gasteiger partial charge in [-0.2, -0.15) is 16.9 Å². The van der Waals surface area contributed by atoms with E-state index in [9.17, 15) is 4.79 Å². The number of amides is 1. The zero-order chi connectivity index (χ0) is 23.7. The molecule has 0 radical (unpaired) electrons. The van der Waals surface area contributed by atoms with Crippen molar-refractivity contribution in [3.63, 3.8) is 0 Å². The van der Waals surface area contributed by atoms with Gasteiger partial charge in [-0.05, 0) is 55.2 Å². The lowest BCUT2D eigenvalue weighted by Crippen LogP contribution is -2.29. The minimum Gasteiger partial charge on any atom is -0.341 e. The molecule has 174 valence electrons. The molecule has 1 unspecified atom stereocenters. The molecule has 2 N–H and O–H groups in total. The second-order valence-corrected chi connectivity index (χ2v) is 10.5. The summed E-state index contributed by atoms with van der Waals surface area (Å²) < 4.78 is 1.93. The third kappa shape index (κ3) is 4.58. The average molecular weight is 510 g/mol. The van der Waals surface area contributed by atoms with Gasteiger partial charge in [0, 0.05) is 10.4 Å². The first kappa shape index (κ1) is 23.0. The lowest BCUT2D eigenvalue weighted by Gasteiger charge is -2.15. The number of thiophene rings is 1. The summed E-state index contributed by atoms with van der Waals surface area (Å²) in [6.07, 6.45) is 2.86. The van der Waals surface area contributed by atoms with Crippen LogP contribution in [0.1, 0.15) is 39.2 Å². The number of aryl methyl sites for hydroxylation is 1. The van der Waals surface area contributed by atoms with Crippen molar-refractivity contribution >= 4 is 61.9 Å². The Labute approximate surface area is 210 Å². The number of halogens is 1. The van der Waals surface area contributed by atoms with E-state index in [0.29, 0.717) is 16.4 Å². The van der Waals surface area contributed by atoms with Crippen LogP contribution in [-0.2, 0) is 6.54 Å². The predicted octanol–water partition coefficient (Wildman–Crippen LogP) is 6.21. The molecule has 1 amide bonds. The highest BCUT2D eigenvalue weighted by atomic mass is 35.5. The number of hydrogen-bond donors (Lipinski definition) is 2. The van der Waals surface area contributed by atoms with E-state index in [1.165, 1.54) is 11.3 Å². The highest BCUT2D eigenvalue weighted by Gasteiger charge is 2.22. The molecule has 5 rings (SSSR count). The zero-order valence-electron chi connectivity index (χ0n) is 18.8. The number of imidazole rings is 1. The number of benzene rings is 2. The molecule has 0 spiro atoms. The number of thioether (sulfide) groups is 1. The van der Waals surface area contributed by atoms with E-state index in [1.807, 2.05) is 66.2 Å². The largest absolute Gasteiger partial charge is 0.341 e. The standard InChI is InChI=1S/C25H24ClN5OS2/c1-15-17-13-22(34-25(17)31(30-15)14-16-7-3-4-8-18(16)26)24(32)29-21(11-12-33-2)23-27-19-9-5-6-10-20(19)28-23/h3-10,13,21H,11-12,14H2,1-2H3,(H,27,28)(H,29,32). The van der Waals surface area contributed by atoms with Crippen molar-refractivity contribution in [1.29, 1.82) is 0 Å². The maximum Gasteiger partial charge on any atom is 0.262 e. The van der Waals surface area contributed by atoms with Crippen molar-refractivity contribution in [3.05, 3.63) is 81.6 Å². The van der Waals surface area contributed by atoms with Gasteiger partial charge >= 0.3 is 0 Å². The number of rotatable bonds is 8. The second-order valence-electron chi connectivity index (χ2n) is 8.11. The van der Waals surface area contributed by atoms with Crippen LogP contribution in [0.15, 0.2) is 54.6 Å². The van der Waals surface area contributed by atoms with Crippen LogP contribution in [0, 0.1) is 6.92 Å². The van der Waals surface area contributed by atoms with Crippen molar-refractivity contribution in [2.24, 2.45) is 0 Å². The maximum absolute atomic E-state index is 13.3. The van der Waals surface area contributed by atoms with Gasteiger partial charge in [0.15, 0.2) is 0 Å². The van der Waals surface area contributed by atoms with Gasteiger partial charge in [0.05, 0.1) is 34.2 Å². The first-order valence-corrected chi connectivity index (χ1v) is 13.6. The highest BCUT2D eigenvalue weighted by Crippen LogP contribution is 2.30. The Bertz CT molecular complexity index is 1440. The van der Waals surface area contributed by atoms with Crippen LogP contribution in [-0.4, -0.2) is 37.7 Å². The predicted molar refractivity (Wildman–Crippen MR) is 142 cm³/mol. The van der Waals surface area contributed by atoms with Crippen molar-refractivity contribution in [3.8, 4) is 0 Å². The van der Waals surface area contributed by atoms with E-state index in [-0.39, 0.29) is 11.9 Å². The molecule has 2 aromatic carbocycles. The topological polar surface area (TPSA) is 75.6 Å². The van der Waals surface area contributed by atoms with E-state index in [1.54, 1.807) is 11.8 Å². The number of hydrogen-bond acceptors (Lipinski definition) is 5. The fourth-order valence-corrected chi connectivity index (χ4v) is 5.73. The fourth-order valence-electron chi connectivity index (χ4n) is 4.00. The summed E-state index contributed by atoms with van der Waals surface area (Å²) in [6, 6.07) is 17.4. The van der Waals surface area contributed by atoms with E-state index in [0.717, 1.165) is 50.5 Å². The Kier molecular flexibility index (Phi) is 6.63. The molecule has 0 aliphatic carbocycles. The summed E-state index contributed by atoms with van der Waals surface area (Å²) in [5.74, 6) is 1.60. The molecule has 6 nitrogen and oxygen atoms in total.